The highest BCUT2D eigenvalue weighted by molar-refractivity contribution is 5.90. The van der Waals surface area contributed by atoms with Gasteiger partial charge in [0.15, 0.2) is 0 Å². The molecule has 16 heavy (non-hydrogen) atoms. The molecule has 0 fully saturated rings. The smallest absolute Gasteiger partial charge is 0.269 e. The maximum atomic E-state index is 13.0. The van der Waals surface area contributed by atoms with Crippen molar-refractivity contribution in [1.29, 1.82) is 0 Å². The monoisotopic (exact) mass is 220 g/mol. The summed E-state index contributed by atoms with van der Waals surface area (Å²) in [5.41, 5.74) is 11.5. The van der Waals surface area contributed by atoms with E-state index in [-0.39, 0.29) is 5.69 Å². The van der Waals surface area contributed by atoms with Gasteiger partial charge in [-0.1, -0.05) is 0 Å². The first-order chi connectivity index (χ1) is 7.58. The molecule has 6 heteroatoms. The number of nitrogen functional groups attached to an aromatic ring is 1. The van der Waals surface area contributed by atoms with Gasteiger partial charge in [0.25, 0.3) is 5.91 Å². The van der Waals surface area contributed by atoms with Gasteiger partial charge < -0.3 is 11.5 Å². The van der Waals surface area contributed by atoms with Crippen molar-refractivity contribution in [1.82, 2.24) is 9.78 Å². The quantitative estimate of drug-likeness (QED) is 0.730. The second kappa shape index (κ2) is 3.65. The molecule has 0 radical (unpaired) electrons. The van der Waals surface area contributed by atoms with Crippen LogP contribution in [0.15, 0.2) is 30.5 Å². The van der Waals surface area contributed by atoms with E-state index in [1.807, 2.05) is 0 Å². The van der Waals surface area contributed by atoms with E-state index in [1.54, 1.807) is 0 Å². The standard InChI is InChI=1S/C10H9FN4O/c11-6-1-2-7(12)9(5-6)15-4-3-8(14-15)10(13)16/h1-5H,12H2,(H2,13,16). The Hall–Kier alpha value is -2.37. The predicted octanol–water partition coefficient (Wildman–Crippen LogP) is 0.692. The van der Waals surface area contributed by atoms with Crippen molar-refractivity contribution in [3.8, 4) is 5.69 Å². The number of carbonyl (C=O) groups excluding carboxylic acids is 1. The molecule has 1 heterocycles. The Labute approximate surface area is 90.5 Å². The third-order valence-corrected chi connectivity index (χ3v) is 2.08. The van der Waals surface area contributed by atoms with Gasteiger partial charge in [0, 0.05) is 12.3 Å². The minimum atomic E-state index is -0.645. The molecular formula is C10H9FN4O. The zero-order chi connectivity index (χ0) is 11.7. The maximum absolute atomic E-state index is 13.0. The zero-order valence-electron chi connectivity index (χ0n) is 8.22. The Morgan fingerprint density at radius 3 is 2.75 bits per heavy atom. The van der Waals surface area contributed by atoms with E-state index in [9.17, 15) is 9.18 Å². The van der Waals surface area contributed by atoms with Crippen molar-refractivity contribution >= 4 is 11.6 Å². The van der Waals surface area contributed by atoms with E-state index in [4.69, 9.17) is 11.5 Å². The minimum absolute atomic E-state index is 0.101. The molecule has 2 rings (SSSR count). The van der Waals surface area contributed by atoms with Gasteiger partial charge in [0.05, 0.1) is 11.4 Å². The lowest BCUT2D eigenvalue weighted by atomic mass is 10.2. The maximum Gasteiger partial charge on any atom is 0.269 e. The first-order valence-corrected chi connectivity index (χ1v) is 4.49. The van der Waals surface area contributed by atoms with Gasteiger partial charge in [-0.3, -0.25) is 4.79 Å². The lowest BCUT2D eigenvalue weighted by Crippen LogP contribution is -2.12. The number of amides is 1. The number of benzene rings is 1. The van der Waals surface area contributed by atoms with Crippen LogP contribution in [0.25, 0.3) is 5.69 Å². The van der Waals surface area contributed by atoms with E-state index in [1.165, 1.54) is 35.1 Å². The third-order valence-electron chi connectivity index (χ3n) is 2.08. The first-order valence-electron chi connectivity index (χ1n) is 4.49. The molecule has 0 aliphatic rings. The normalized spacial score (nSPS) is 10.3. The Morgan fingerprint density at radius 1 is 1.38 bits per heavy atom. The Morgan fingerprint density at radius 2 is 2.12 bits per heavy atom. The molecule has 0 saturated heterocycles. The van der Waals surface area contributed by atoms with E-state index < -0.39 is 11.7 Å². The number of carbonyl (C=O) groups is 1. The molecule has 0 aliphatic carbocycles. The fraction of sp³-hybridized carbons (Fsp3) is 0. The average molecular weight is 220 g/mol. The van der Waals surface area contributed by atoms with Crippen LogP contribution < -0.4 is 11.5 Å². The molecule has 0 bridgehead atoms. The largest absolute Gasteiger partial charge is 0.397 e. The number of nitrogens with zero attached hydrogens (tertiary/aromatic N) is 2. The summed E-state index contributed by atoms with van der Waals surface area (Å²) in [4.78, 5) is 10.8. The summed E-state index contributed by atoms with van der Waals surface area (Å²) in [6.45, 7) is 0. The highest BCUT2D eigenvalue weighted by atomic mass is 19.1. The van der Waals surface area contributed by atoms with Gasteiger partial charge in [0.1, 0.15) is 11.5 Å². The summed E-state index contributed by atoms with van der Waals surface area (Å²) in [6, 6.07) is 5.34. The van der Waals surface area contributed by atoms with Crippen LogP contribution in [0.2, 0.25) is 0 Å². The highest BCUT2D eigenvalue weighted by Gasteiger charge is 2.08. The molecule has 0 saturated carbocycles. The number of nitrogens with two attached hydrogens (primary N) is 2. The van der Waals surface area contributed by atoms with Crippen molar-refractivity contribution in [3.05, 3.63) is 42.0 Å². The topological polar surface area (TPSA) is 86.9 Å². The fourth-order valence-electron chi connectivity index (χ4n) is 1.30. The molecule has 4 N–H and O–H groups in total. The van der Waals surface area contributed by atoms with Crippen molar-refractivity contribution in [2.24, 2.45) is 5.73 Å². The molecule has 5 nitrogen and oxygen atoms in total. The summed E-state index contributed by atoms with van der Waals surface area (Å²) in [7, 11) is 0. The SMILES string of the molecule is NC(=O)c1ccn(-c2cc(F)ccc2N)n1. The molecule has 0 unspecified atom stereocenters. The summed E-state index contributed by atoms with van der Waals surface area (Å²) in [5.74, 6) is -1.07. The van der Waals surface area contributed by atoms with Crippen LogP contribution in [-0.4, -0.2) is 15.7 Å². The summed E-state index contributed by atoms with van der Waals surface area (Å²) < 4.78 is 14.3. The van der Waals surface area contributed by atoms with Crippen molar-refractivity contribution in [2.75, 3.05) is 5.73 Å². The number of hydrogen-bond acceptors (Lipinski definition) is 3. The van der Waals surface area contributed by atoms with Crippen molar-refractivity contribution in [3.63, 3.8) is 0 Å². The van der Waals surface area contributed by atoms with Gasteiger partial charge in [0.2, 0.25) is 0 Å². The number of primary amides is 1. The van der Waals surface area contributed by atoms with Crippen molar-refractivity contribution in [2.45, 2.75) is 0 Å². The van der Waals surface area contributed by atoms with E-state index in [2.05, 4.69) is 5.10 Å². The van der Waals surface area contributed by atoms with Crippen LogP contribution in [0.1, 0.15) is 10.5 Å². The first kappa shape index (κ1) is 10.2. The summed E-state index contributed by atoms with van der Waals surface area (Å²) in [5, 5.41) is 3.88. The predicted molar refractivity (Wildman–Crippen MR) is 56.5 cm³/mol. The number of aromatic nitrogens is 2. The molecule has 1 aromatic heterocycles. The molecule has 82 valence electrons. The van der Waals surface area contributed by atoms with Crippen LogP contribution >= 0.6 is 0 Å². The van der Waals surface area contributed by atoms with Gasteiger partial charge >= 0.3 is 0 Å². The number of hydrogen-bond donors (Lipinski definition) is 2. The third kappa shape index (κ3) is 1.72. The Balaban J connectivity index is 2.50. The fourth-order valence-corrected chi connectivity index (χ4v) is 1.30. The summed E-state index contributed by atoms with van der Waals surface area (Å²) >= 11 is 0. The van der Waals surface area contributed by atoms with Gasteiger partial charge in [-0.15, -0.1) is 0 Å². The lowest BCUT2D eigenvalue weighted by molar-refractivity contribution is 0.0995. The van der Waals surface area contributed by atoms with E-state index >= 15 is 0 Å². The average Bonchev–Trinajstić information content (AvgIpc) is 2.70. The second-order valence-corrected chi connectivity index (χ2v) is 3.21. The van der Waals surface area contributed by atoms with Gasteiger partial charge in [-0.2, -0.15) is 5.10 Å². The van der Waals surface area contributed by atoms with Crippen LogP contribution in [0.4, 0.5) is 10.1 Å². The van der Waals surface area contributed by atoms with Crippen LogP contribution in [0.3, 0.4) is 0 Å². The van der Waals surface area contributed by atoms with E-state index in [0.717, 1.165) is 0 Å². The molecule has 1 amide bonds. The van der Waals surface area contributed by atoms with Crippen molar-refractivity contribution < 1.29 is 9.18 Å². The minimum Gasteiger partial charge on any atom is -0.397 e. The zero-order valence-corrected chi connectivity index (χ0v) is 8.22. The van der Waals surface area contributed by atoms with Crippen LogP contribution in [0.5, 0.6) is 0 Å². The van der Waals surface area contributed by atoms with Crippen LogP contribution in [0, 0.1) is 5.82 Å². The number of anilines is 1. The number of halogens is 1. The highest BCUT2D eigenvalue weighted by Crippen LogP contribution is 2.17. The van der Waals surface area contributed by atoms with Crippen LogP contribution in [-0.2, 0) is 0 Å². The second-order valence-electron chi connectivity index (χ2n) is 3.21. The summed E-state index contributed by atoms with van der Waals surface area (Å²) in [6.07, 6.45) is 1.49. The van der Waals surface area contributed by atoms with Gasteiger partial charge in [-0.25, -0.2) is 9.07 Å². The molecule has 0 aliphatic heterocycles. The Kier molecular flexibility index (Phi) is 2.32. The molecular weight excluding hydrogens is 211 g/mol. The molecule has 2 aromatic rings. The molecule has 1 aromatic carbocycles. The molecule has 0 spiro atoms. The van der Waals surface area contributed by atoms with E-state index in [0.29, 0.717) is 11.4 Å². The van der Waals surface area contributed by atoms with Gasteiger partial charge in [-0.05, 0) is 18.2 Å². The molecule has 0 atom stereocenters. The lowest BCUT2D eigenvalue weighted by Gasteiger charge is -2.04. The number of rotatable bonds is 2. The Bertz CT molecular complexity index is 550.